The van der Waals surface area contributed by atoms with Gasteiger partial charge in [-0.2, -0.15) is 0 Å². The number of nitrogens with one attached hydrogen (secondary N) is 1. The van der Waals surface area contributed by atoms with Crippen molar-refractivity contribution in [3.8, 4) is 5.75 Å². The Morgan fingerprint density at radius 3 is 2.77 bits per heavy atom. The molecule has 22 heavy (non-hydrogen) atoms. The number of alkyl carbamates (subject to hydrolysis) is 1. The Bertz CT molecular complexity index is 616. The van der Waals surface area contributed by atoms with Crippen LogP contribution >= 0.6 is 11.6 Å². The van der Waals surface area contributed by atoms with Crippen LogP contribution in [0.25, 0.3) is 0 Å². The van der Waals surface area contributed by atoms with Gasteiger partial charge in [0.05, 0.1) is 12.8 Å². The van der Waals surface area contributed by atoms with Gasteiger partial charge in [-0.15, -0.1) is 0 Å². The lowest BCUT2D eigenvalue weighted by molar-refractivity contribution is -0.132. The fraction of sp³-hybridized carbons (Fsp3) is 0.467. The number of carbonyl (C=O) groups excluding carboxylic acids is 2. The quantitative estimate of drug-likeness (QED) is 0.926. The van der Waals surface area contributed by atoms with E-state index >= 15 is 0 Å². The molecule has 120 valence electrons. The van der Waals surface area contributed by atoms with Crippen LogP contribution in [0, 0.1) is 6.92 Å². The van der Waals surface area contributed by atoms with Crippen molar-refractivity contribution in [2.45, 2.75) is 26.4 Å². The van der Waals surface area contributed by atoms with E-state index in [1.807, 2.05) is 13.0 Å². The number of ether oxygens (including phenoxy) is 2. The maximum absolute atomic E-state index is 12.6. The second kappa shape index (κ2) is 6.04. The molecule has 0 fully saturated rings. The summed E-state index contributed by atoms with van der Waals surface area (Å²) in [5.74, 6) is 0.381. The number of halogens is 1. The molecule has 2 amide bonds. The zero-order valence-corrected chi connectivity index (χ0v) is 13.8. The summed E-state index contributed by atoms with van der Waals surface area (Å²) in [5, 5.41) is 3.14. The Hall–Kier alpha value is -1.95. The number of aryl methyl sites for hydroxylation is 1. The third kappa shape index (κ3) is 3.11. The number of hydrogen-bond acceptors (Lipinski definition) is 4. The number of amides is 2. The average Bonchev–Trinajstić information content (AvgIpc) is 2.45. The molecule has 1 N–H and O–H groups in total. The first-order valence-corrected chi connectivity index (χ1v) is 7.27. The summed E-state index contributed by atoms with van der Waals surface area (Å²) in [7, 11) is 1.29. The third-order valence-corrected chi connectivity index (χ3v) is 3.85. The van der Waals surface area contributed by atoms with Gasteiger partial charge in [0, 0.05) is 24.2 Å². The highest BCUT2D eigenvalue weighted by atomic mass is 35.5. The third-order valence-electron chi connectivity index (χ3n) is 3.45. The van der Waals surface area contributed by atoms with E-state index in [4.69, 9.17) is 16.3 Å². The van der Waals surface area contributed by atoms with E-state index in [1.165, 1.54) is 7.11 Å². The van der Waals surface area contributed by atoms with Crippen molar-refractivity contribution in [1.82, 2.24) is 5.32 Å². The Balaban J connectivity index is 2.29. The highest BCUT2D eigenvalue weighted by molar-refractivity contribution is 6.31. The summed E-state index contributed by atoms with van der Waals surface area (Å²) in [6, 6.07) is 3.52. The molecule has 1 aliphatic rings. The van der Waals surface area contributed by atoms with Crippen LogP contribution in [0.1, 0.15) is 19.4 Å². The number of carbonyl (C=O) groups is 2. The smallest absolute Gasteiger partial charge is 0.406 e. The summed E-state index contributed by atoms with van der Waals surface area (Å²) < 4.78 is 10.3. The Morgan fingerprint density at radius 1 is 1.45 bits per heavy atom. The van der Waals surface area contributed by atoms with Crippen molar-refractivity contribution in [3.63, 3.8) is 0 Å². The van der Waals surface area contributed by atoms with Crippen molar-refractivity contribution in [1.29, 1.82) is 0 Å². The zero-order chi connectivity index (χ0) is 16.5. The highest BCUT2D eigenvalue weighted by Crippen LogP contribution is 2.40. The number of hydrogen-bond donors (Lipinski definition) is 1. The molecule has 0 unspecified atom stereocenters. The highest BCUT2D eigenvalue weighted by Gasteiger charge is 2.41. The van der Waals surface area contributed by atoms with Crippen molar-refractivity contribution in [3.05, 3.63) is 22.7 Å². The van der Waals surface area contributed by atoms with Crippen molar-refractivity contribution in [2.24, 2.45) is 0 Å². The van der Waals surface area contributed by atoms with Crippen LogP contribution in [0.15, 0.2) is 12.1 Å². The Morgan fingerprint density at radius 2 is 2.14 bits per heavy atom. The van der Waals surface area contributed by atoms with E-state index in [0.717, 1.165) is 5.56 Å². The molecule has 0 atom stereocenters. The van der Waals surface area contributed by atoms with E-state index in [-0.39, 0.29) is 12.5 Å². The SMILES string of the molecule is COC(=O)NCCN1C(=O)C(C)(C)Oc2cc(Cl)c(C)cc21. The van der Waals surface area contributed by atoms with Crippen LogP contribution in [0.3, 0.4) is 0 Å². The van der Waals surface area contributed by atoms with Crippen LogP contribution in [-0.4, -0.2) is 37.8 Å². The first-order valence-electron chi connectivity index (χ1n) is 6.89. The molecule has 1 aromatic rings. The summed E-state index contributed by atoms with van der Waals surface area (Å²) in [6.45, 7) is 5.85. The van der Waals surface area contributed by atoms with Gasteiger partial charge in [-0.05, 0) is 32.4 Å². The topological polar surface area (TPSA) is 67.9 Å². The van der Waals surface area contributed by atoms with E-state index in [1.54, 1.807) is 24.8 Å². The van der Waals surface area contributed by atoms with Gasteiger partial charge >= 0.3 is 6.09 Å². The minimum Gasteiger partial charge on any atom is -0.476 e. The van der Waals surface area contributed by atoms with Gasteiger partial charge in [0.1, 0.15) is 5.75 Å². The minimum absolute atomic E-state index is 0.173. The summed E-state index contributed by atoms with van der Waals surface area (Å²) in [5.41, 5.74) is 0.511. The summed E-state index contributed by atoms with van der Waals surface area (Å²) in [4.78, 5) is 25.3. The van der Waals surface area contributed by atoms with Gasteiger partial charge in [-0.25, -0.2) is 4.79 Å². The fourth-order valence-electron chi connectivity index (χ4n) is 2.26. The molecule has 0 radical (unpaired) electrons. The lowest BCUT2D eigenvalue weighted by Crippen LogP contribution is -2.54. The molecule has 1 heterocycles. The predicted molar refractivity (Wildman–Crippen MR) is 83.7 cm³/mol. The second-order valence-electron chi connectivity index (χ2n) is 5.56. The molecule has 0 saturated carbocycles. The Labute approximate surface area is 134 Å². The van der Waals surface area contributed by atoms with Crippen LogP contribution in [-0.2, 0) is 9.53 Å². The van der Waals surface area contributed by atoms with Gasteiger partial charge in [0.25, 0.3) is 5.91 Å². The number of fused-ring (bicyclic) bond motifs is 1. The number of anilines is 1. The van der Waals surface area contributed by atoms with E-state index < -0.39 is 11.7 Å². The average molecular weight is 327 g/mol. The largest absolute Gasteiger partial charge is 0.476 e. The Kier molecular flexibility index (Phi) is 4.51. The normalized spacial score (nSPS) is 15.9. The maximum Gasteiger partial charge on any atom is 0.406 e. The number of methoxy groups -OCH3 is 1. The lowest BCUT2D eigenvalue weighted by Gasteiger charge is -2.39. The summed E-state index contributed by atoms with van der Waals surface area (Å²) >= 11 is 6.13. The molecular weight excluding hydrogens is 308 g/mol. The van der Waals surface area contributed by atoms with Gasteiger partial charge in [-0.3, -0.25) is 4.79 Å². The maximum atomic E-state index is 12.6. The zero-order valence-electron chi connectivity index (χ0n) is 13.0. The molecule has 0 spiro atoms. The number of benzene rings is 1. The lowest BCUT2D eigenvalue weighted by atomic mass is 10.0. The number of nitrogens with zero attached hydrogens (tertiary/aromatic N) is 1. The van der Waals surface area contributed by atoms with Crippen LogP contribution in [0.4, 0.5) is 10.5 Å². The van der Waals surface area contributed by atoms with E-state index in [0.29, 0.717) is 23.0 Å². The number of rotatable bonds is 3. The monoisotopic (exact) mass is 326 g/mol. The fourth-order valence-corrected chi connectivity index (χ4v) is 2.41. The molecule has 1 aromatic carbocycles. The molecule has 7 heteroatoms. The van der Waals surface area contributed by atoms with Crippen molar-refractivity contribution < 1.29 is 19.1 Å². The molecule has 1 aliphatic heterocycles. The predicted octanol–water partition coefficient (Wildman–Crippen LogP) is 2.51. The minimum atomic E-state index is -0.989. The molecule has 6 nitrogen and oxygen atoms in total. The first kappa shape index (κ1) is 16.4. The van der Waals surface area contributed by atoms with Gasteiger partial charge in [0.15, 0.2) is 5.60 Å². The van der Waals surface area contributed by atoms with Crippen molar-refractivity contribution >= 4 is 29.3 Å². The molecule has 0 aliphatic carbocycles. The van der Waals surface area contributed by atoms with Crippen molar-refractivity contribution in [2.75, 3.05) is 25.1 Å². The molecule has 0 saturated heterocycles. The van der Waals surface area contributed by atoms with Crippen LogP contribution in [0.2, 0.25) is 5.02 Å². The second-order valence-corrected chi connectivity index (χ2v) is 5.96. The van der Waals surface area contributed by atoms with E-state index in [2.05, 4.69) is 10.1 Å². The molecule has 0 bridgehead atoms. The van der Waals surface area contributed by atoms with Gasteiger partial charge in [-0.1, -0.05) is 11.6 Å². The molecular formula is C15H19ClN2O4. The molecule has 0 aromatic heterocycles. The molecule has 2 rings (SSSR count). The first-order chi connectivity index (χ1) is 10.3. The van der Waals surface area contributed by atoms with E-state index in [9.17, 15) is 9.59 Å². The van der Waals surface area contributed by atoms with Gasteiger partial charge in [0.2, 0.25) is 0 Å². The standard InChI is InChI=1S/C15H19ClN2O4/c1-9-7-11-12(8-10(9)16)22-15(2,3)13(19)18(11)6-5-17-14(20)21-4/h7-8H,5-6H2,1-4H3,(H,17,20). The summed E-state index contributed by atoms with van der Waals surface area (Å²) in [6.07, 6.45) is -0.535. The van der Waals surface area contributed by atoms with Crippen LogP contribution in [0.5, 0.6) is 5.75 Å². The van der Waals surface area contributed by atoms with Gasteiger partial charge < -0.3 is 19.7 Å². The van der Waals surface area contributed by atoms with Crippen LogP contribution < -0.4 is 15.0 Å².